The number of nitro groups is 1. The van der Waals surface area contributed by atoms with E-state index in [0.29, 0.717) is 6.54 Å². The van der Waals surface area contributed by atoms with E-state index in [1.54, 1.807) is 30.0 Å². The SMILES string of the molecule is CC1(C)S[C@@H]2[C@H](NC(=O)Cc3ccc([N+](=O)[O-])cc3)CN2[C@H]1N=C=O. The number of nitro benzene ring substituents is 1. The van der Waals surface area contributed by atoms with Crippen LogP contribution in [0.5, 0.6) is 0 Å². The second-order valence-corrected chi connectivity index (χ2v) is 8.45. The average Bonchev–Trinajstić information content (AvgIpc) is 2.74. The molecule has 2 heterocycles. The van der Waals surface area contributed by atoms with E-state index in [9.17, 15) is 19.7 Å². The van der Waals surface area contributed by atoms with Crippen LogP contribution in [-0.4, -0.2) is 50.7 Å². The fourth-order valence-electron chi connectivity index (χ4n) is 3.25. The maximum Gasteiger partial charge on any atom is 0.269 e. The Morgan fingerprint density at radius 1 is 1.48 bits per heavy atom. The summed E-state index contributed by atoms with van der Waals surface area (Å²) in [7, 11) is 0. The molecule has 1 amide bonds. The number of carbonyl (C=O) groups excluding carboxylic acids is 2. The first-order chi connectivity index (χ1) is 11.8. The van der Waals surface area contributed by atoms with Crippen LogP contribution in [0.4, 0.5) is 5.69 Å². The number of fused-ring (bicyclic) bond motifs is 1. The molecule has 132 valence electrons. The van der Waals surface area contributed by atoms with E-state index in [-0.39, 0.29) is 40.3 Å². The molecule has 0 radical (unpaired) electrons. The third kappa shape index (κ3) is 3.44. The van der Waals surface area contributed by atoms with Gasteiger partial charge in [0.05, 0.1) is 22.8 Å². The van der Waals surface area contributed by atoms with E-state index < -0.39 is 4.92 Å². The highest BCUT2D eigenvalue weighted by Gasteiger charge is 2.56. The van der Waals surface area contributed by atoms with Gasteiger partial charge in [0.25, 0.3) is 5.69 Å². The van der Waals surface area contributed by atoms with E-state index in [1.807, 2.05) is 13.8 Å². The van der Waals surface area contributed by atoms with Crippen LogP contribution in [-0.2, 0) is 16.0 Å². The van der Waals surface area contributed by atoms with Crippen molar-refractivity contribution in [2.75, 3.05) is 6.54 Å². The largest absolute Gasteiger partial charge is 0.349 e. The van der Waals surface area contributed by atoms with Crippen molar-refractivity contribution in [1.29, 1.82) is 0 Å². The maximum atomic E-state index is 12.2. The number of nitrogens with zero attached hydrogens (tertiary/aromatic N) is 3. The number of aliphatic imine (C=N–C) groups is 1. The van der Waals surface area contributed by atoms with E-state index in [1.165, 1.54) is 12.1 Å². The summed E-state index contributed by atoms with van der Waals surface area (Å²) in [6.45, 7) is 4.69. The zero-order valence-electron chi connectivity index (χ0n) is 13.8. The maximum absolute atomic E-state index is 12.2. The zero-order chi connectivity index (χ0) is 18.2. The highest BCUT2D eigenvalue weighted by molar-refractivity contribution is 8.01. The molecule has 9 heteroatoms. The van der Waals surface area contributed by atoms with Gasteiger partial charge in [0.15, 0.2) is 0 Å². The van der Waals surface area contributed by atoms with Crippen LogP contribution in [0.25, 0.3) is 0 Å². The van der Waals surface area contributed by atoms with Gasteiger partial charge in [-0.05, 0) is 19.4 Å². The lowest BCUT2D eigenvalue weighted by molar-refractivity contribution is -0.384. The van der Waals surface area contributed by atoms with Crippen LogP contribution in [0, 0.1) is 10.1 Å². The standard InChI is InChI=1S/C16H18N4O4S/c1-16(2)15(17-9-21)19-8-12(14(19)25-16)18-13(22)7-10-3-5-11(6-4-10)20(23)24/h3-6,12,14-15H,7-8H2,1-2H3,(H,18,22)/t12-,14-,15-/m1/s1. The molecule has 2 saturated heterocycles. The highest BCUT2D eigenvalue weighted by Crippen LogP contribution is 2.50. The highest BCUT2D eigenvalue weighted by atomic mass is 32.2. The number of thioether (sulfide) groups is 1. The summed E-state index contributed by atoms with van der Waals surface area (Å²) in [5.41, 5.74) is 0.729. The molecule has 2 fully saturated rings. The molecule has 0 aliphatic carbocycles. The lowest BCUT2D eigenvalue weighted by Crippen LogP contribution is -2.65. The Balaban J connectivity index is 1.57. The van der Waals surface area contributed by atoms with E-state index in [0.717, 1.165) is 5.56 Å². The molecule has 0 saturated carbocycles. The van der Waals surface area contributed by atoms with Crippen molar-refractivity contribution >= 4 is 29.4 Å². The number of rotatable bonds is 5. The molecular weight excluding hydrogens is 344 g/mol. The van der Waals surface area contributed by atoms with Gasteiger partial charge in [0, 0.05) is 23.4 Å². The molecule has 0 spiro atoms. The predicted molar refractivity (Wildman–Crippen MR) is 92.8 cm³/mol. The van der Waals surface area contributed by atoms with Crippen LogP contribution in [0.15, 0.2) is 29.3 Å². The molecule has 0 bridgehead atoms. The molecule has 1 aromatic rings. The minimum absolute atomic E-state index is 0.00155. The van der Waals surface area contributed by atoms with E-state index >= 15 is 0 Å². The number of hydrogen-bond donors (Lipinski definition) is 1. The van der Waals surface area contributed by atoms with Crippen molar-refractivity contribution in [3.05, 3.63) is 39.9 Å². The Morgan fingerprint density at radius 3 is 2.76 bits per heavy atom. The smallest absolute Gasteiger partial charge is 0.269 e. The van der Waals surface area contributed by atoms with Crippen molar-refractivity contribution in [2.45, 2.75) is 42.6 Å². The Morgan fingerprint density at radius 2 is 2.16 bits per heavy atom. The summed E-state index contributed by atoms with van der Waals surface area (Å²) in [5.74, 6) is -0.126. The second-order valence-electron chi connectivity index (χ2n) is 6.68. The van der Waals surface area contributed by atoms with Gasteiger partial charge in [-0.1, -0.05) is 12.1 Å². The molecule has 0 aromatic heterocycles. The minimum atomic E-state index is -0.468. The number of benzene rings is 1. The number of isocyanates is 1. The summed E-state index contributed by atoms with van der Waals surface area (Å²) in [6.07, 6.45) is 1.59. The van der Waals surface area contributed by atoms with Crippen LogP contribution >= 0.6 is 11.8 Å². The number of hydrogen-bond acceptors (Lipinski definition) is 7. The average molecular weight is 362 g/mol. The van der Waals surface area contributed by atoms with Gasteiger partial charge in [-0.15, -0.1) is 11.8 Å². The van der Waals surface area contributed by atoms with E-state index in [2.05, 4.69) is 15.2 Å². The molecule has 8 nitrogen and oxygen atoms in total. The van der Waals surface area contributed by atoms with Crippen molar-refractivity contribution in [1.82, 2.24) is 10.2 Å². The van der Waals surface area contributed by atoms with E-state index in [4.69, 9.17) is 0 Å². The lowest BCUT2D eigenvalue weighted by Gasteiger charge is -2.44. The van der Waals surface area contributed by atoms with Crippen molar-refractivity contribution in [2.24, 2.45) is 4.99 Å². The van der Waals surface area contributed by atoms with Gasteiger partial charge >= 0.3 is 0 Å². The molecule has 25 heavy (non-hydrogen) atoms. The Bertz CT molecular complexity index is 745. The predicted octanol–water partition coefficient (Wildman–Crippen LogP) is 1.45. The molecule has 0 unspecified atom stereocenters. The molecular formula is C16H18N4O4S. The van der Waals surface area contributed by atoms with Crippen LogP contribution in [0.3, 0.4) is 0 Å². The summed E-state index contributed by atoms with van der Waals surface area (Å²) >= 11 is 1.69. The minimum Gasteiger partial charge on any atom is -0.349 e. The number of non-ortho nitro benzene ring substituents is 1. The molecule has 2 aliphatic rings. The first-order valence-corrected chi connectivity index (χ1v) is 8.73. The fraction of sp³-hybridized carbons (Fsp3) is 0.500. The first kappa shape index (κ1) is 17.6. The molecule has 1 N–H and O–H groups in total. The van der Waals surface area contributed by atoms with Crippen molar-refractivity contribution in [3.8, 4) is 0 Å². The Labute approximate surface area is 148 Å². The summed E-state index contributed by atoms with van der Waals surface area (Å²) in [4.78, 5) is 39.0. The number of nitrogens with one attached hydrogen (secondary N) is 1. The number of amides is 1. The fourth-order valence-corrected chi connectivity index (χ4v) is 4.84. The molecule has 2 aliphatic heterocycles. The molecule has 3 rings (SSSR count). The van der Waals surface area contributed by atoms with Crippen molar-refractivity contribution < 1.29 is 14.5 Å². The van der Waals surface area contributed by atoms with Crippen LogP contribution in [0.1, 0.15) is 19.4 Å². The van der Waals surface area contributed by atoms with Crippen molar-refractivity contribution in [3.63, 3.8) is 0 Å². The summed E-state index contributed by atoms with van der Waals surface area (Å²) in [5, 5.41) is 13.7. The van der Waals surface area contributed by atoms with Gasteiger partial charge in [0.2, 0.25) is 12.0 Å². The van der Waals surface area contributed by atoms with Gasteiger partial charge < -0.3 is 5.32 Å². The van der Waals surface area contributed by atoms with Crippen LogP contribution < -0.4 is 5.32 Å². The monoisotopic (exact) mass is 362 g/mol. The van der Waals surface area contributed by atoms with Gasteiger partial charge in [-0.2, -0.15) is 4.99 Å². The topological polar surface area (TPSA) is 105 Å². The van der Waals surface area contributed by atoms with Gasteiger partial charge in [-0.3, -0.25) is 19.8 Å². The Hall–Kier alpha value is -2.22. The third-order valence-corrected chi connectivity index (χ3v) is 6.13. The Kier molecular flexibility index (Phi) is 4.64. The van der Waals surface area contributed by atoms with Crippen LogP contribution in [0.2, 0.25) is 0 Å². The quantitative estimate of drug-likeness (QED) is 0.368. The zero-order valence-corrected chi connectivity index (χ0v) is 14.7. The molecule has 3 atom stereocenters. The summed E-state index contributed by atoms with van der Waals surface area (Å²) < 4.78 is -0.208. The first-order valence-electron chi connectivity index (χ1n) is 7.85. The number of carbonyl (C=O) groups is 1. The normalized spacial score (nSPS) is 26.9. The molecule has 1 aromatic carbocycles. The summed E-state index contributed by atoms with van der Waals surface area (Å²) in [6, 6.07) is 5.97. The second kappa shape index (κ2) is 6.59. The lowest BCUT2D eigenvalue weighted by atomic mass is 10.0. The third-order valence-electron chi connectivity index (χ3n) is 4.47. The van der Waals surface area contributed by atoms with Gasteiger partial charge in [-0.25, -0.2) is 4.79 Å². The van der Waals surface area contributed by atoms with Gasteiger partial charge in [0.1, 0.15) is 6.17 Å².